The van der Waals surface area contributed by atoms with Crippen LogP contribution in [0.5, 0.6) is 11.5 Å². The molecule has 1 fully saturated rings. The molecule has 2 amide bonds. The van der Waals surface area contributed by atoms with E-state index in [0.29, 0.717) is 37.2 Å². The van der Waals surface area contributed by atoms with Crippen molar-refractivity contribution in [2.75, 3.05) is 25.5 Å². The Morgan fingerprint density at radius 1 is 1.03 bits per heavy atom. The van der Waals surface area contributed by atoms with Gasteiger partial charge in [-0.2, -0.15) is 0 Å². The Hall–Kier alpha value is -3.54. The van der Waals surface area contributed by atoms with Crippen LogP contribution in [-0.4, -0.2) is 42.0 Å². The van der Waals surface area contributed by atoms with E-state index in [4.69, 9.17) is 4.74 Å². The number of carbonyl (C=O) groups excluding carboxylic acids is 2. The molecular weight excluding hydrogens is 392 g/mol. The highest BCUT2D eigenvalue weighted by atomic mass is 16.5. The number of carbonyl (C=O) groups is 2. The van der Waals surface area contributed by atoms with Crippen molar-refractivity contribution in [3.05, 3.63) is 65.7 Å². The van der Waals surface area contributed by atoms with Crippen molar-refractivity contribution >= 4 is 28.3 Å². The third-order valence-electron chi connectivity index (χ3n) is 5.90. The topological polar surface area (TPSA) is 78.9 Å². The van der Waals surface area contributed by atoms with Crippen LogP contribution in [0.3, 0.4) is 0 Å². The summed E-state index contributed by atoms with van der Waals surface area (Å²) in [6.07, 6.45) is 1.16. The molecule has 1 heterocycles. The Morgan fingerprint density at radius 2 is 1.74 bits per heavy atom. The molecule has 2 N–H and O–H groups in total. The smallest absolute Gasteiger partial charge is 0.254 e. The fraction of sp³-hybridized carbons (Fsp3) is 0.280. The lowest BCUT2D eigenvalue weighted by Crippen LogP contribution is -2.41. The summed E-state index contributed by atoms with van der Waals surface area (Å²) < 4.78 is 5.42. The molecule has 160 valence electrons. The van der Waals surface area contributed by atoms with Crippen molar-refractivity contribution in [3.8, 4) is 11.5 Å². The molecular formula is C25H26N2O4. The highest BCUT2D eigenvalue weighted by Crippen LogP contribution is 2.31. The molecule has 6 heteroatoms. The highest BCUT2D eigenvalue weighted by Gasteiger charge is 2.29. The second-order valence-corrected chi connectivity index (χ2v) is 7.94. The van der Waals surface area contributed by atoms with E-state index in [-0.39, 0.29) is 23.5 Å². The minimum Gasteiger partial charge on any atom is -0.506 e. The zero-order valence-corrected chi connectivity index (χ0v) is 17.7. The number of likely N-dealkylation sites (tertiary alicyclic amines) is 1. The molecule has 3 aromatic rings. The molecule has 0 aromatic heterocycles. The lowest BCUT2D eigenvalue weighted by Gasteiger charge is -2.31. The lowest BCUT2D eigenvalue weighted by atomic mass is 9.94. The molecule has 0 radical (unpaired) electrons. The highest BCUT2D eigenvalue weighted by molar-refractivity contribution is 6.08. The van der Waals surface area contributed by atoms with Crippen LogP contribution in [0.25, 0.3) is 10.8 Å². The number of amides is 2. The maximum Gasteiger partial charge on any atom is 0.254 e. The predicted octanol–water partition coefficient (Wildman–Crippen LogP) is 4.35. The molecule has 1 aliphatic rings. The molecule has 1 saturated heterocycles. The summed E-state index contributed by atoms with van der Waals surface area (Å²) >= 11 is 0. The number of aryl methyl sites for hydroxylation is 1. The minimum atomic E-state index is -0.197. The van der Waals surface area contributed by atoms with Crippen LogP contribution in [0.2, 0.25) is 0 Å². The molecule has 0 bridgehead atoms. The fourth-order valence-electron chi connectivity index (χ4n) is 4.13. The number of nitrogens with zero attached hydrogens (tertiary/aromatic N) is 1. The predicted molar refractivity (Wildman–Crippen MR) is 121 cm³/mol. The van der Waals surface area contributed by atoms with E-state index in [2.05, 4.69) is 5.32 Å². The molecule has 6 nitrogen and oxygen atoms in total. The number of piperidine rings is 1. The summed E-state index contributed by atoms with van der Waals surface area (Å²) in [4.78, 5) is 27.7. The van der Waals surface area contributed by atoms with Gasteiger partial charge in [0.05, 0.1) is 12.8 Å². The van der Waals surface area contributed by atoms with E-state index < -0.39 is 0 Å². The van der Waals surface area contributed by atoms with Gasteiger partial charge >= 0.3 is 0 Å². The molecule has 0 saturated carbocycles. The Labute approximate surface area is 181 Å². The molecule has 4 rings (SSSR count). The van der Waals surface area contributed by atoms with Crippen LogP contribution in [0.1, 0.15) is 28.8 Å². The Morgan fingerprint density at radius 3 is 2.42 bits per heavy atom. The first-order valence-electron chi connectivity index (χ1n) is 10.4. The first-order chi connectivity index (χ1) is 15.0. The zero-order chi connectivity index (χ0) is 22.0. The summed E-state index contributed by atoms with van der Waals surface area (Å²) in [5, 5.41) is 14.6. The summed E-state index contributed by atoms with van der Waals surface area (Å²) in [6.45, 7) is 2.90. The van der Waals surface area contributed by atoms with Gasteiger partial charge in [0.15, 0.2) is 0 Å². The van der Waals surface area contributed by atoms with Gasteiger partial charge in [0.2, 0.25) is 5.91 Å². The van der Waals surface area contributed by atoms with Crippen LogP contribution >= 0.6 is 0 Å². The van der Waals surface area contributed by atoms with Gasteiger partial charge in [-0.05, 0) is 55.0 Å². The first-order valence-corrected chi connectivity index (χ1v) is 10.4. The van der Waals surface area contributed by atoms with Gasteiger partial charge < -0.3 is 20.1 Å². The quantitative estimate of drug-likeness (QED) is 0.618. The van der Waals surface area contributed by atoms with E-state index in [1.54, 1.807) is 24.1 Å². The number of phenols is 1. The number of rotatable bonds is 4. The van der Waals surface area contributed by atoms with Crippen molar-refractivity contribution in [1.29, 1.82) is 0 Å². The number of phenolic OH excluding ortho intramolecular Hbond substituents is 1. The van der Waals surface area contributed by atoms with Gasteiger partial charge in [-0.25, -0.2) is 0 Å². The molecule has 3 aromatic carbocycles. The average molecular weight is 418 g/mol. The number of nitrogens with one attached hydrogen (secondary N) is 1. The molecule has 0 aliphatic carbocycles. The molecule has 0 spiro atoms. The number of hydrogen-bond acceptors (Lipinski definition) is 4. The number of hydrogen-bond donors (Lipinski definition) is 2. The van der Waals surface area contributed by atoms with Gasteiger partial charge in [0.25, 0.3) is 5.91 Å². The van der Waals surface area contributed by atoms with E-state index in [1.807, 2.05) is 49.4 Å². The van der Waals surface area contributed by atoms with Crippen molar-refractivity contribution in [3.63, 3.8) is 0 Å². The number of aromatic hydroxyl groups is 1. The summed E-state index contributed by atoms with van der Waals surface area (Å²) in [5.41, 5.74) is 1.98. The first kappa shape index (κ1) is 20.7. The van der Waals surface area contributed by atoms with Gasteiger partial charge in [-0.1, -0.05) is 30.3 Å². The number of benzene rings is 3. The van der Waals surface area contributed by atoms with Crippen molar-refractivity contribution < 1.29 is 19.4 Å². The van der Waals surface area contributed by atoms with Crippen molar-refractivity contribution in [1.82, 2.24) is 4.90 Å². The number of ether oxygens (including phenoxy) is 1. The number of anilines is 1. The van der Waals surface area contributed by atoms with Crippen molar-refractivity contribution in [2.45, 2.75) is 19.8 Å². The zero-order valence-electron chi connectivity index (χ0n) is 17.7. The van der Waals surface area contributed by atoms with Gasteiger partial charge in [0, 0.05) is 30.0 Å². The Bertz CT molecular complexity index is 1130. The third kappa shape index (κ3) is 4.19. The average Bonchev–Trinajstić information content (AvgIpc) is 2.79. The summed E-state index contributed by atoms with van der Waals surface area (Å²) in [7, 11) is 1.62. The lowest BCUT2D eigenvalue weighted by molar-refractivity contribution is -0.121. The second kappa shape index (κ2) is 8.68. The summed E-state index contributed by atoms with van der Waals surface area (Å²) in [5.74, 6) is 0.446. The minimum absolute atomic E-state index is 0.0334. The van der Waals surface area contributed by atoms with Crippen LogP contribution in [0.15, 0.2) is 54.6 Å². The molecule has 1 aliphatic heterocycles. The van der Waals surface area contributed by atoms with Gasteiger partial charge in [-0.3, -0.25) is 9.59 Å². The van der Waals surface area contributed by atoms with E-state index >= 15 is 0 Å². The van der Waals surface area contributed by atoms with Crippen LogP contribution in [0.4, 0.5) is 5.69 Å². The Balaban J connectivity index is 1.44. The number of methoxy groups -OCH3 is 1. The third-order valence-corrected chi connectivity index (χ3v) is 5.90. The van der Waals surface area contributed by atoms with E-state index in [1.165, 1.54) is 0 Å². The maximum absolute atomic E-state index is 13.2. The van der Waals surface area contributed by atoms with Crippen LogP contribution in [-0.2, 0) is 4.79 Å². The van der Waals surface area contributed by atoms with Crippen LogP contribution < -0.4 is 10.1 Å². The molecule has 0 unspecified atom stereocenters. The summed E-state index contributed by atoms with van der Waals surface area (Å²) in [6, 6.07) is 16.5. The van der Waals surface area contributed by atoms with Gasteiger partial charge in [0.1, 0.15) is 11.5 Å². The second-order valence-electron chi connectivity index (χ2n) is 7.94. The van der Waals surface area contributed by atoms with E-state index in [0.717, 1.165) is 22.1 Å². The van der Waals surface area contributed by atoms with E-state index in [9.17, 15) is 14.7 Å². The monoisotopic (exact) mass is 418 g/mol. The normalized spacial score (nSPS) is 14.5. The molecule has 0 atom stereocenters. The SMILES string of the molecule is COc1ccc(C(=O)N2CCC(C(=O)Nc3ccc(C)cc3O)CC2)c2ccccc12. The largest absolute Gasteiger partial charge is 0.506 e. The maximum atomic E-state index is 13.2. The standard InChI is InChI=1S/C25H26N2O4/c1-16-7-9-21(22(28)15-16)26-24(29)17-11-13-27(14-12-17)25(30)20-8-10-23(31-2)19-6-4-3-5-18(19)20/h3-10,15,17,28H,11-14H2,1-2H3,(H,26,29). The van der Waals surface area contributed by atoms with Crippen molar-refractivity contribution in [2.24, 2.45) is 5.92 Å². The molecule has 31 heavy (non-hydrogen) atoms. The van der Waals surface area contributed by atoms with Crippen LogP contribution in [0, 0.1) is 12.8 Å². The Kier molecular flexibility index (Phi) is 5.80. The van der Waals surface area contributed by atoms with Gasteiger partial charge in [-0.15, -0.1) is 0 Å². The number of fused-ring (bicyclic) bond motifs is 1. The fourth-order valence-corrected chi connectivity index (χ4v) is 4.13.